The summed E-state index contributed by atoms with van der Waals surface area (Å²) in [6.45, 7) is 9.21. The molecule has 1 amide bonds. The zero-order valence-corrected chi connectivity index (χ0v) is 13.3. The Balaban J connectivity index is 1.86. The highest BCUT2D eigenvalue weighted by Gasteiger charge is 2.39. The van der Waals surface area contributed by atoms with Crippen molar-refractivity contribution in [3.8, 4) is 0 Å². The van der Waals surface area contributed by atoms with E-state index in [1.165, 1.54) is 12.8 Å². The Bertz CT molecular complexity index is 348. The van der Waals surface area contributed by atoms with Crippen LogP contribution in [0.4, 0.5) is 4.79 Å². The van der Waals surface area contributed by atoms with Crippen molar-refractivity contribution in [1.29, 1.82) is 0 Å². The molecule has 2 aliphatic rings. The molecule has 2 atom stereocenters. The van der Waals surface area contributed by atoms with Gasteiger partial charge in [-0.1, -0.05) is 6.92 Å². The van der Waals surface area contributed by atoms with Gasteiger partial charge >= 0.3 is 6.09 Å². The number of rotatable bonds is 3. The number of carbonyl (C=O) groups is 1. The number of amides is 1. The Morgan fingerprint density at radius 2 is 1.90 bits per heavy atom. The number of hydrogen-bond acceptors (Lipinski definition) is 4. The maximum absolute atomic E-state index is 12.1. The van der Waals surface area contributed by atoms with Crippen molar-refractivity contribution in [3.05, 3.63) is 0 Å². The minimum atomic E-state index is -0.450. The van der Waals surface area contributed by atoms with E-state index in [9.17, 15) is 4.79 Å². The summed E-state index contributed by atoms with van der Waals surface area (Å²) < 4.78 is 10.9. The van der Waals surface area contributed by atoms with Crippen LogP contribution in [0.5, 0.6) is 0 Å². The van der Waals surface area contributed by atoms with E-state index in [0.29, 0.717) is 19.1 Å². The monoisotopic (exact) mass is 284 g/mol. The van der Waals surface area contributed by atoms with E-state index in [0.717, 1.165) is 5.92 Å². The Kier molecular flexibility index (Phi) is 4.59. The molecule has 2 rings (SSSR count). The van der Waals surface area contributed by atoms with E-state index in [1.54, 1.807) is 12.0 Å². The number of methoxy groups -OCH3 is 1. The quantitative estimate of drug-likeness (QED) is 0.861. The lowest BCUT2D eigenvalue weighted by atomic mass is 9.81. The third kappa shape index (κ3) is 3.85. The van der Waals surface area contributed by atoms with E-state index in [-0.39, 0.29) is 18.2 Å². The average Bonchev–Trinajstić information content (AvgIpc) is 2.68. The normalized spacial score (nSPS) is 34.0. The number of carbonyl (C=O) groups excluding carboxylic acids is 1. The van der Waals surface area contributed by atoms with Gasteiger partial charge in [-0.15, -0.1) is 0 Å². The van der Waals surface area contributed by atoms with E-state index < -0.39 is 5.60 Å². The molecule has 0 spiro atoms. The van der Waals surface area contributed by atoms with Crippen molar-refractivity contribution < 1.29 is 14.3 Å². The fourth-order valence-electron chi connectivity index (χ4n) is 2.99. The standard InChI is InChI=1S/C15H28N2O3/c1-10-6-11(7-10)16-12-8-17(9-13(12)19-5)14(18)20-15(2,3)4/h10-13,16H,6-9H2,1-5H3/t10?,11?,12?,13-/m0/s1. The molecule has 5 heteroatoms. The number of hydrogen-bond donors (Lipinski definition) is 1. The molecule has 0 aromatic rings. The Hall–Kier alpha value is -0.810. The van der Waals surface area contributed by atoms with Crippen LogP contribution in [0.3, 0.4) is 0 Å². The van der Waals surface area contributed by atoms with Gasteiger partial charge in [-0.2, -0.15) is 0 Å². The van der Waals surface area contributed by atoms with E-state index >= 15 is 0 Å². The van der Waals surface area contributed by atoms with Crippen LogP contribution < -0.4 is 5.32 Å². The maximum Gasteiger partial charge on any atom is 0.410 e. The molecule has 1 saturated heterocycles. The number of ether oxygens (including phenoxy) is 2. The molecule has 0 radical (unpaired) electrons. The second kappa shape index (κ2) is 5.90. The topological polar surface area (TPSA) is 50.8 Å². The molecule has 1 heterocycles. The van der Waals surface area contributed by atoms with Gasteiger partial charge in [0, 0.05) is 19.7 Å². The Morgan fingerprint density at radius 3 is 2.40 bits per heavy atom. The Morgan fingerprint density at radius 1 is 1.25 bits per heavy atom. The number of likely N-dealkylation sites (tertiary alicyclic amines) is 1. The Labute approximate surface area is 122 Å². The summed E-state index contributed by atoms with van der Waals surface area (Å²) in [6, 6.07) is 0.788. The van der Waals surface area contributed by atoms with Crippen molar-refractivity contribution in [2.24, 2.45) is 5.92 Å². The number of nitrogens with zero attached hydrogens (tertiary/aromatic N) is 1. The van der Waals surface area contributed by atoms with Crippen molar-refractivity contribution in [3.63, 3.8) is 0 Å². The molecule has 1 saturated carbocycles. The van der Waals surface area contributed by atoms with Crippen LogP contribution in [-0.2, 0) is 9.47 Å². The lowest BCUT2D eigenvalue weighted by molar-refractivity contribution is 0.0252. The smallest absolute Gasteiger partial charge is 0.410 e. The molecular weight excluding hydrogens is 256 g/mol. The molecule has 1 aliphatic heterocycles. The molecule has 1 N–H and O–H groups in total. The van der Waals surface area contributed by atoms with Crippen LogP contribution >= 0.6 is 0 Å². The van der Waals surface area contributed by atoms with Gasteiger partial charge in [-0.25, -0.2) is 4.79 Å². The molecule has 0 aromatic heterocycles. The predicted octanol–water partition coefficient (Wildman–Crippen LogP) is 2.01. The van der Waals surface area contributed by atoms with Crippen LogP contribution in [-0.4, -0.2) is 55.0 Å². The third-order valence-electron chi connectivity index (χ3n) is 4.04. The molecule has 1 unspecified atom stereocenters. The molecule has 1 aliphatic carbocycles. The highest BCUT2D eigenvalue weighted by molar-refractivity contribution is 5.68. The van der Waals surface area contributed by atoms with Crippen LogP contribution in [0.15, 0.2) is 0 Å². The zero-order valence-electron chi connectivity index (χ0n) is 13.3. The fraction of sp³-hybridized carbons (Fsp3) is 0.933. The summed E-state index contributed by atoms with van der Waals surface area (Å²) in [7, 11) is 1.71. The highest BCUT2D eigenvalue weighted by Crippen LogP contribution is 2.28. The van der Waals surface area contributed by atoms with Gasteiger partial charge < -0.3 is 19.7 Å². The van der Waals surface area contributed by atoms with Crippen molar-refractivity contribution in [2.45, 2.75) is 64.3 Å². The van der Waals surface area contributed by atoms with Crippen molar-refractivity contribution in [1.82, 2.24) is 10.2 Å². The average molecular weight is 284 g/mol. The summed E-state index contributed by atoms with van der Waals surface area (Å²) in [4.78, 5) is 13.9. The maximum atomic E-state index is 12.1. The minimum absolute atomic E-state index is 0.0541. The second-order valence-electron chi connectivity index (χ2n) is 7.21. The first kappa shape index (κ1) is 15.6. The first-order valence-corrected chi connectivity index (χ1v) is 7.55. The lowest BCUT2D eigenvalue weighted by Gasteiger charge is -2.36. The summed E-state index contributed by atoms with van der Waals surface area (Å²) >= 11 is 0. The van der Waals surface area contributed by atoms with Crippen LogP contribution in [0.1, 0.15) is 40.5 Å². The molecule has 5 nitrogen and oxygen atoms in total. The molecule has 116 valence electrons. The van der Waals surface area contributed by atoms with Crippen molar-refractivity contribution >= 4 is 6.09 Å². The molecule has 2 fully saturated rings. The largest absolute Gasteiger partial charge is 0.444 e. The summed E-state index contributed by atoms with van der Waals surface area (Å²) in [5, 5.41) is 3.62. The van der Waals surface area contributed by atoms with Gasteiger partial charge in [0.05, 0.1) is 18.7 Å². The van der Waals surface area contributed by atoms with Crippen LogP contribution in [0.2, 0.25) is 0 Å². The first-order valence-electron chi connectivity index (χ1n) is 7.55. The van der Waals surface area contributed by atoms with Gasteiger partial charge in [0.1, 0.15) is 5.60 Å². The number of nitrogens with one attached hydrogen (secondary N) is 1. The van der Waals surface area contributed by atoms with Gasteiger partial charge in [0.2, 0.25) is 0 Å². The van der Waals surface area contributed by atoms with Crippen molar-refractivity contribution in [2.75, 3.05) is 20.2 Å². The zero-order chi connectivity index (χ0) is 14.9. The van der Waals surface area contributed by atoms with Gasteiger partial charge in [-0.05, 0) is 39.5 Å². The van der Waals surface area contributed by atoms with E-state index in [1.807, 2.05) is 20.8 Å². The molecule has 0 bridgehead atoms. The van der Waals surface area contributed by atoms with Crippen LogP contribution in [0, 0.1) is 5.92 Å². The van der Waals surface area contributed by atoms with Gasteiger partial charge in [-0.3, -0.25) is 0 Å². The lowest BCUT2D eigenvalue weighted by Crippen LogP contribution is -2.50. The van der Waals surface area contributed by atoms with Crippen LogP contribution in [0.25, 0.3) is 0 Å². The predicted molar refractivity (Wildman–Crippen MR) is 77.7 cm³/mol. The first-order chi connectivity index (χ1) is 9.28. The fourth-order valence-corrected chi connectivity index (χ4v) is 2.99. The summed E-state index contributed by atoms with van der Waals surface area (Å²) in [5.74, 6) is 0.817. The molecule has 20 heavy (non-hydrogen) atoms. The molecule has 0 aromatic carbocycles. The van der Waals surface area contributed by atoms with Gasteiger partial charge in [0.15, 0.2) is 0 Å². The highest BCUT2D eigenvalue weighted by atomic mass is 16.6. The minimum Gasteiger partial charge on any atom is -0.444 e. The van der Waals surface area contributed by atoms with Gasteiger partial charge in [0.25, 0.3) is 0 Å². The summed E-state index contributed by atoms with van der Waals surface area (Å²) in [5.41, 5.74) is -0.450. The third-order valence-corrected chi connectivity index (χ3v) is 4.04. The SMILES string of the molecule is CO[C@H]1CN(C(=O)OC(C)(C)C)CC1NC1CC(C)C1. The molecular formula is C15H28N2O3. The van der Waals surface area contributed by atoms with E-state index in [2.05, 4.69) is 12.2 Å². The second-order valence-corrected chi connectivity index (χ2v) is 7.21. The van der Waals surface area contributed by atoms with E-state index in [4.69, 9.17) is 9.47 Å². The summed E-state index contributed by atoms with van der Waals surface area (Å²) in [6.07, 6.45) is 2.25.